The number of amides is 2. The Hall–Kier alpha value is -3.23. The molecule has 1 unspecified atom stereocenters. The molecule has 30 heavy (non-hydrogen) atoms. The number of carbonyl (C=O) groups excluding carboxylic acids is 2. The average Bonchev–Trinajstić information content (AvgIpc) is 3.13. The first kappa shape index (κ1) is 21.5. The van der Waals surface area contributed by atoms with Crippen LogP contribution in [0.15, 0.2) is 42.5 Å². The van der Waals surface area contributed by atoms with Gasteiger partial charge in [-0.05, 0) is 49.7 Å². The van der Waals surface area contributed by atoms with Crippen LogP contribution in [0, 0.1) is 0 Å². The molecule has 0 spiro atoms. The highest BCUT2D eigenvalue weighted by atomic mass is 19.4. The number of anilines is 3. The smallest absolute Gasteiger partial charge is 0.416 e. The third-order valence-corrected chi connectivity index (χ3v) is 4.80. The Morgan fingerprint density at radius 1 is 1.13 bits per heavy atom. The third-order valence-electron chi connectivity index (χ3n) is 4.80. The maximum atomic E-state index is 12.6. The SMILES string of the molecule is COc1cc(NC(C)C(=O)Nc2ccc(C(F)(F)F)cc2)ccc1N1CCCC1=O. The number of hydrogen-bond donors (Lipinski definition) is 2. The van der Waals surface area contributed by atoms with Crippen LogP contribution in [-0.2, 0) is 15.8 Å². The van der Waals surface area contributed by atoms with Gasteiger partial charge in [0.05, 0.1) is 18.4 Å². The third kappa shape index (κ3) is 4.84. The lowest BCUT2D eigenvalue weighted by molar-refractivity contribution is -0.137. The summed E-state index contributed by atoms with van der Waals surface area (Å²) < 4.78 is 43.3. The molecular weight excluding hydrogens is 399 g/mol. The number of benzene rings is 2. The van der Waals surface area contributed by atoms with Gasteiger partial charge in [0.1, 0.15) is 11.8 Å². The Balaban J connectivity index is 1.65. The second-order valence-corrected chi connectivity index (χ2v) is 6.97. The molecule has 6 nitrogen and oxygen atoms in total. The number of nitrogens with one attached hydrogen (secondary N) is 2. The summed E-state index contributed by atoms with van der Waals surface area (Å²) in [6.07, 6.45) is -3.13. The van der Waals surface area contributed by atoms with Crippen molar-refractivity contribution >= 4 is 28.9 Å². The van der Waals surface area contributed by atoms with Crippen molar-refractivity contribution in [2.24, 2.45) is 0 Å². The molecule has 0 aromatic heterocycles. The van der Waals surface area contributed by atoms with Gasteiger partial charge in [-0.1, -0.05) is 0 Å². The standard InChI is InChI=1S/C21H22F3N3O3/c1-13(20(29)26-15-7-5-14(6-8-15)21(22,23)24)25-16-9-10-17(18(12-16)30-2)27-11-3-4-19(27)28/h5-10,12-13,25H,3-4,11H2,1-2H3,(H,26,29). The summed E-state index contributed by atoms with van der Waals surface area (Å²) in [7, 11) is 1.50. The molecule has 0 radical (unpaired) electrons. The van der Waals surface area contributed by atoms with Gasteiger partial charge in [0.2, 0.25) is 11.8 Å². The summed E-state index contributed by atoms with van der Waals surface area (Å²) in [4.78, 5) is 26.0. The molecule has 2 amide bonds. The van der Waals surface area contributed by atoms with E-state index in [9.17, 15) is 22.8 Å². The number of carbonyl (C=O) groups is 2. The van der Waals surface area contributed by atoms with Gasteiger partial charge < -0.3 is 20.3 Å². The zero-order valence-electron chi connectivity index (χ0n) is 16.5. The molecule has 1 atom stereocenters. The molecule has 3 rings (SSSR count). The van der Waals surface area contributed by atoms with Crippen molar-refractivity contribution in [2.75, 3.05) is 29.2 Å². The van der Waals surface area contributed by atoms with Crippen LogP contribution in [-0.4, -0.2) is 31.5 Å². The first-order valence-corrected chi connectivity index (χ1v) is 9.42. The lowest BCUT2D eigenvalue weighted by Crippen LogP contribution is -2.32. The summed E-state index contributed by atoms with van der Waals surface area (Å²) in [5.41, 5.74) is 0.766. The Labute approximate surface area is 172 Å². The molecule has 1 saturated heterocycles. The Bertz CT molecular complexity index is 929. The molecule has 1 aliphatic rings. The van der Waals surface area contributed by atoms with Gasteiger partial charge in [-0.15, -0.1) is 0 Å². The lowest BCUT2D eigenvalue weighted by Gasteiger charge is -2.21. The number of alkyl halides is 3. The van der Waals surface area contributed by atoms with Crippen LogP contribution in [0.2, 0.25) is 0 Å². The molecule has 0 aliphatic carbocycles. The lowest BCUT2D eigenvalue weighted by atomic mass is 10.2. The highest BCUT2D eigenvalue weighted by molar-refractivity contribution is 5.98. The molecule has 9 heteroatoms. The molecular formula is C21H22F3N3O3. The van der Waals surface area contributed by atoms with Gasteiger partial charge in [-0.25, -0.2) is 0 Å². The fraction of sp³-hybridized carbons (Fsp3) is 0.333. The molecule has 1 fully saturated rings. The van der Waals surface area contributed by atoms with Crippen LogP contribution < -0.4 is 20.3 Å². The fourth-order valence-electron chi connectivity index (χ4n) is 3.20. The van der Waals surface area contributed by atoms with Gasteiger partial charge in [-0.3, -0.25) is 9.59 Å². The molecule has 2 N–H and O–H groups in total. The predicted octanol–water partition coefficient (Wildman–Crippen LogP) is 4.28. The number of rotatable bonds is 6. The van der Waals surface area contributed by atoms with Gasteiger partial charge >= 0.3 is 6.18 Å². The van der Waals surface area contributed by atoms with Crippen molar-refractivity contribution in [2.45, 2.75) is 32.0 Å². The number of halogens is 3. The zero-order valence-corrected chi connectivity index (χ0v) is 16.5. The zero-order chi connectivity index (χ0) is 21.9. The van der Waals surface area contributed by atoms with Crippen LogP contribution in [0.5, 0.6) is 5.75 Å². The average molecular weight is 421 g/mol. The van der Waals surface area contributed by atoms with E-state index < -0.39 is 23.7 Å². The van der Waals surface area contributed by atoms with Gasteiger partial charge in [-0.2, -0.15) is 13.2 Å². The minimum atomic E-state index is -4.43. The molecule has 0 bridgehead atoms. The largest absolute Gasteiger partial charge is 0.494 e. The van der Waals surface area contributed by atoms with E-state index in [0.717, 1.165) is 18.6 Å². The van der Waals surface area contributed by atoms with Gasteiger partial charge in [0.25, 0.3) is 0 Å². The van der Waals surface area contributed by atoms with E-state index >= 15 is 0 Å². The monoisotopic (exact) mass is 421 g/mol. The molecule has 2 aromatic rings. The Kier molecular flexibility index (Phi) is 6.19. The summed E-state index contributed by atoms with van der Waals surface area (Å²) in [5, 5.41) is 5.60. The molecule has 1 aliphatic heterocycles. The quantitative estimate of drug-likeness (QED) is 0.731. The van der Waals surface area contributed by atoms with Crippen LogP contribution >= 0.6 is 0 Å². The van der Waals surface area contributed by atoms with Crippen molar-refractivity contribution < 1.29 is 27.5 Å². The number of methoxy groups -OCH3 is 1. The van der Waals surface area contributed by atoms with E-state index in [2.05, 4.69) is 10.6 Å². The first-order valence-electron chi connectivity index (χ1n) is 9.42. The molecule has 0 saturated carbocycles. The Morgan fingerprint density at radius 2 is 1.80 bits per heavy atom. The summed E-state index contributed by atoms with van der Waals surface area (Å²) in [5.74, 6) is 0.136. The van der Waals surface area contributed by atoms with E-state index in [1.807, 2.05) is 0 Å². The van der Waals surface area contributed by atoms with Crippen LogP contribution in [0.4, 0.5) is 30.2 Å². The molecule has 2 aromatic carbocycles. The van der Waals surface area contributed by atoms with Crippen LogP contribution in [0.3, 0.4) is 0 Å². The summed E-state index contributed by atoms with van der Waals surface area (Å²) in [6, 6.07) is 8.76. The topological polar surface area (TPSA) is 70.7 Å². The van der Waals surface area contributed by atoms with Crippen molar-refractivity contribution in [1.29, 1.82) is 0 Å². The Morgan fingerprint density at radius 3 is 2.37 bits per heavy atom. The van der Waals surface area contributed by atoms with Crippen LogP contribution in [0.25, 0.3) is 0 Å². The normalized spacial score (nSPS) is 15.1. The van der Waals surface area contributed by atoms with Crippen molar-refractivity contribution in [3.05, 3.63) is 48.0 Å². The van der Waals surface area contributed by atoms with E-state index in [1.165, 1.54) is 19.2 Å². The fourth-order valence-corrected chi connectivity index (χ4v) is 3.20. The summed E-state index contributed by atoms with van der Waals surface area (Å²) >= 11 is 0. The van der Waals surface area contributed by atoms with Crippen molar-refractivity contribution in [3.63, 3.8) is 0 Å². The number of hydrogen-bond acceptors (Lipinski definition) is 4. The second kappa shape index (κ2) is 8.64. The molecule has 1 heterocycles. The minimum absolute atomic E-state index is 0.0401. The second-order valence-electron chi connectivity index (χ2n) is 6.97. The highest BCUT2D eigenvalue weighted by Gasteiger charge is 2.30. The van der Waals surface area contributed by atoms with E-state index in [-0.39, 0.29) is 11.6 Å². The summed E-state index contributed by atoms with van der Waals surface area (Å²) in [6.45, 7) is 2.26. The predicted molar refractivity (Wildman–Crippen MR) is 108 cm³/mol. The molecule has 160 valence electrons. The highest BCUT2D eigenvalue weighted by Crippen LogP contribution is 2.34. The first-order chi connectivity index (χ1) is 14.2. The number of ether oxygens (including phenoxy) is 1. The van der Waals surface area contributed by atoms with Crippen LogP contribution in [0.1, 0.15) is 25.3 Å². The maximum absolute atomic E-state index is 12.6. The van der Waals surface area contributed by atoms with E-state index in [0.29, 0.717) is 30.1 Å². The van der Waals surface area contributed by atoms with Crippen molar-refractivity contribution in [1.82, 2.24) is 0 Å². The van der Waals surface area contributed by atoms with E-state index in [1.54, 1.807) is 30.0 Å². The van der Waals surface area contributed by atoms with Gasteiger partial charge in [0.15, 0.2) is 0 Å². The maximum Gasteiger partial charge on any atom is 0.416 e. The van der Waals surface area contributed by atoms with Gasteiger partial charge in [0, 0.05) is 30.4 Å². The van der Waals surface area contributed by atoms with E-state index in [4.69, 9.17) is 4.74 Å². The minimum Gasteiger partial charge on any atom is -0.494 e. The van der Waals surface area contributed by atoms with Crippen molar-refractivity contribution in [3.8, 4) is 5.75 Å². The number of nitrogens with zero attached hydrogens (tertiary/aromatic N) is 1.